The highest BCUT2D eigenvalue weighted by Crippen LogP contribution is 2.29. The first-order valence-corrected chi connectivity index (χ1v) is 12.7. The number of nitrogens with zero attached hydrogens (tertiary/aromatic N) is 1. The monoisotopic (exact) mass is 446 g/mol. The van der Waals surface area contributed by atoms with Crippen LogP contribution in [0.15, 0.2) is 42.5 Å². The van der Waals surface area contributed by atoms with E-state index in [-0.39, 0.29) is 18.9 Å². The summed E-state index contributed by atoms with van der Waals surface area (Å²) in [5, 5.41) is 2.84. The first-order valence-electron chi connectivity index (χ1n) is 10.8. The molecule has 7 heteroatoms. The number of carbonyl (C=O) groups is 1. The Hall–Kier alpha value is -2.54. The van der Waals surface area contributed by atoms with Gasteiger partial charge in [-0.3, -0.25) is 9.10 Å². The van der Waals surface area contributed by atoms with Crippen molar-refractivity contribution in [3.8, 4) is 5.75 Å². The Morgan fingerprint density at radius 3 is 2.26 bits per heavy atom. The second-order valence-corrected chi connectivity index (χ2v) is 9.44. The van der Waals surface area contributed by atoms with Crippen molar-refractivity contribution >= 4 is 21.6 Å². The molecule has 0 saturated carbocycles. The molecule has 0 aromatic heterocycles. The molecule has 0 aliphatic carbocycles. The summed E-state index contributed by atoms with van der Waals surface area (Å²) in [6.45, 7) is 7.08. The van der Waals surface area contributed by atoms with Gasteiger partial charge in [0.15, 0.2) is 0 Å². The zero-order valence-corrected chi connectivity index (χ0v) is 19.8. The molecule has 0 fully saturated rings. The van der Waals surface area contributed by atoms with Crippen molar-refractivity contribution in [2.45, 2.75) is 46.5 Å². The molecule has 2 aromatic rings. The van der Waals surface area contributed by atoms with Gasteiger partial charge in [0, 0.05) is 13.0 Å². The number of sulfonamides is 1. The van der Waals surface area contributed by atoms with E-state index in [4.69, 9.17) is 4.74 Å². The number of benzene rings is 2. The molecule has 0 radical (unpaired) electrons. The number of carbonyl (C=O) groups excluding carboxylic acids is 1. The minimum absolute atomic E-state index is 0.110. The standard InChI is InChI=1S/C24H34N2O4S/c1-5-20-12-9-13-21(6-2)24(20)26(31(4,28)29)17-10-15-23(27)25-16-18-30-22-14-8-7-11-19(22)3/h7-9,11-14H,5-6,10,15-18H2,1-4H3,(H,25,27). The number of aryl methyl sites for hydroxylation is 3. The maximum Gasteiger partial charge on any atom is 0.232 e. The van der Waals surface area contributed by atoms with Crippen molar-refractivity contribution in [1.29, 1.82) is 0 Å². The van der Waals surface area contributed by atoms with Gasteiger partial charge in [0.25, 0.3) is 0 Å². The highest BCUT2D eigenvalue weighted by atomic mass is 32.2. The van der Waals surface area contributed by atoms with Crippen LogP contribution in [-0.2, 0) is 27.7 Å². The summed E-state index contributed by atoms with van der Waals surface area (Å²) in [6, 6.07) is 13.6. The number of hydrogen-bond donors (Lipinski definition) is 1. The zero-order chi connectivity index (χ0) is 22.9. The molecular formula is C24H34N2O4S. The van der Waals surface area contributed by atoms with Gasteiger partial charge in [-0.05, 0) is 48.9 Å². The molecule has 0 unspecified atom stereocenters. The third kappa shape index (κ3) is 7.28. The van der Waals surface area contributed by atoms with Gasteiger partial charge in [0.05, 0.1) is 18.5 Å². The molecule has 2 rings (SSSR count). The Balaban J connectivity index is 1.90. The third-order valence-corrected chi connectivity index (χ3v) is 6.32. The van der Waals surface area contributed by atoms with Crippen molar-refractivity contribution in [2.24, 2.45) is 0 Å². The lowest BCUT2D eigenvalue weighted by atomic mass is 10.0. The van der Waals surface area contributed by atoms with E-state index in [0.29, 0.717) is 19.6 Å². The fourth-order valence-corrected chi connectivity index (χ4v) is 4.55. The van der Waals surface area contributed by atoms with E-state index >= 15 is 0 Å². The van der Waals surface area contributed by atoms with Crippen LogP contribution in [-0.4, -0.2) is 40.3 Å². The average Bonchev–Trinajstić information content (AvgIpc) is 2.74. The van der Waals surface area contributed by atoms with Crippen LogP contribution in [0.5, 0.6) is 5.75 Å². The molecule has 2 aromatic carbocycles. The molecule has 0 aliphatic rings. The summed E-state index contributed by atoms with van der Waals surface area (Å²) in [4.78, 5) is 12.2. The smallest absolute Gasteiger partial charge is 0.232 e. The molecule has 0 aliphatic heterocycles. The average molecular weight is 447 g/mol. The van der Waals surface area contributed by atoms with Crippen molar-refractivity contribution in [2.75, 3.05) is 30.3 Å². The van der Waals surface area contributed by atoms with Crippen molar-refractivity contribution < 1.29 is 17.9 Å². The van der Waals surface area contributed by atoms with Gasteiger partial charge in [-0.1, -0.05) is 50.2 Å². The van der Waals surface area contributed by atoms with Crippen molar-refractivity contribution in [3.63, 3.8) is 0 Å². The van der Waals surface area contributed by atoms with Gasteiger partial charge in [-0.25, -0.2) is 8.42 Å². The Kier molecular flexibility index (Phi) is 9.37. The van der Waals surface area contributed by atoms with Gasteiger partial charge >= 0.3 is 0 Å². The first kappa shape index (κ1) is 24.7. The van der Waals surface area contributed by atoms with E-state index in [2.05, 4.69) is 5.32 Å². The molecule has 1 N–H and O–H groups in total. The first-order chi connectivity index (χ1) is 14.8. The maximum atomic E-state index is 12.5. The summed E-state index contributed by atoms with van der Waals surface area (Å²) in [5.74, 6) is 0.697. The zero-order valence-electron chi connectivity index (χ0n) is 19.0. The van der Waals surface area contributed by atoms with Gasteiger partial charge in [0.2, 0.25) is 15.9 Å². The largest absolute Gasteiger partial charge is 0.491 e. The molecular weight excluding hydrogens is 412 g/mol. The summed E-state index contributed by atoms with van der Waals surface area (Å²) in [5.41, 5.74) is 3.82. The van der Waals surface area contributed by atoms with Crippen molar-refractivity contribution in [3.05, 3.63) is 59.2 Å². The van der Waals surface area contributed by atoms with Crippen LogP contribution in [0.1, 0.15) is 43.4 Å². The van der Waals surface area contributed by atoms with E-state index in [1.165, 1.54) is 10.6 Å². The predicted molar refractivity (Wildman–Crippen MR) is 126 cm³/mol. The lowest BCUT2D eigenvalue weighted by Gasteiger charge is -2.27. The molecule has 1 amide bonds. The molecule has 0 atom stereocenters. The number of para-hydroxylation sites is 2. The van der Waals surface area contributed by atoms with E-state index < -0.39 is 10.0 Å². The van der Waals surface area contributed by atoms with Gasteiger partial charge < -0.3 is 10.1 Å². The van der Waals surface area contributed by atoms with Gasteiger partial charge in [-0.15, -0.1) is 0 Å². The third-order valence-electron chi connectivity index (χ3n) is 5.16. The Morgan fingerprint density at radius 2 is 1.68 bits per heavy atom. The van der Waals surface area contributed by atoms with Crippen LogP contribution in [0.4, 0.5) is 5.69 Å². The van der Waals surface area contributed by atoms with Crippen molar-refractivity contribution in [1.82, 2.24) is 5.32 Å². The topological polar surface area (TPSA) is 75.7 Å². The summed E-state index contributed by atoms with van der Waals surface area (Å²) in [7, 11) is -3.46. The molecule has 0 heterocycles. The molecule has 0 saturated heterocycles. The second-order valence-electron chi connectivity index (χ2n) is 7.53. The van der Waals surface area contributed by atoms with Crippen LogP contribution < -0.4 is 14.4 Å². The van der Waals surface area contributed by atoms with E-state index in [1.807, 2.05) is 63.2 Å². The summed E-state index contributed by atoms with van der Waals surface area (Å²) in [6.07, 6.45) is 3.42. The van der Waals surface area contributed by atoms with E-state index in [9.17, 15) is 13.2 Å². The Bertz CT molecular complexity index is 951. The van der Waals surface area contributed by atoms with Crippen LogP contribution in [0.2, 0.25) is 0 Å². The molecule has 0 bridgehead atoms. The number of nitrogens with one attached hydrogen (secondary N) is 1. The summed E-state index contributed by atoms with van der Waals surface area (Å²) >= 11 is 0. The molecule has 31 heavy (non-hydrogen) atoms. The van der Waals surface area contributed by atoms with E-state index in [0.717, 1.165) is 41.0 Å². The van der Waals surface area contributed by atoms with Crippen LogP contribution in [0.3, 0.4) is 0 Å². The van der Waals surface area contributed by atoms with Crippen LogP contribution in [0, 0.1) is 6.92 Å². The second kappa shape index (κ2) is 11.7. The minimum atomic E-state index is -3.46. The van der Waals surface area contributed by atoms with Crippen LogP contribution in [0.25, 0.3) is 0 Å². The highest BCUT2D eigenvalue weighted by molar-refractivity contribution is 7.92. The normalized spacial score (nSPS) is 11.2. The lowest BCUT2D eigenvalue weighted by molar-refractivity contribution is -0.121. The maximum absolute atomic E-state index is 12.5. The predicted octanol–water partition coefficient (Wildman–Crippen LogP) is 3.86. The minimum Gasteiger partial charge on any atom is -0.491 e. The Labute approximate surface area is 186 Å². The Morgan fingerprint density at radius 1 is 1.03 bits per heavy atom. The quantitative estimate of drug-likeness (QED) is 0.502. The molecule has 0 spiro atoms. The molecule has 170 valence electrons. The summed E-state index contributed by atoms with van der Waals surface area (Å²) < 4.78 is 32.2. The van der Waals surface area contributed by atoms with Gasteiger partial charge in [0.1, 0.15) is 12.4 Å². The SMILES string of the molecule is CCc1cccc(CC)c1N(CCCC(=O)NCCOc1ccccc1C)S(C)(=O)=O. The lowest BCUT2D eigenvalue weighted by Crippen LogP contribution is -2.34. The number of hydrogen-bond acceptors (Lipinski definition) is 4. The fraction of sp³-hybridized carbons (Fsp3) is 0.458. The number of rotatable bonds is 12. The molecule has 6 nitrogen and oxygen atoms in total. The number of ether oxygens (including phenoxy) is 1. The van der Waals surface area contributed by atoms with Crippen LogP contribution >= 0.6 is 0 Å². The number of amides is 1. The number of anilines is 1. The highest BCUT2D eigenvalue weighted by Gasteiger charge is 2.22. The fourth-order valence-electron chi connectivity index (χ4n) is 3.52. The van der Waals surface area contributed by atoms with Gasteiger partial charge in [-0.2, -0.15) is 0 Å². The van der Waals surface area contributed by atoms with E-state index in [1.54, 1.807) is 0 Å².